The fourth-order valence-electron chi connectivity index (χ4n) is 16.4. The van der Waals surface area contributed by atoms with Crippen molar-refractivity contribution in [3.63, 3.8) is 0 Å². The summed E-state index contributed by atoms with van der Waals surface area (Å²) >= 11 is 0. The van der Waals surface area contributed by atoms with Crippen LogP contribution >= 0.6 is 0 Å². The van der Waals surface area contributed by atoms with Crippen LogP contribution in [0, 0.1) is 76.2 Å². The summed E-state index contributed by atoms with van der Waals surface area (Å²) in [5.74, 6) is 11.5. The van der Waals surface area contributed by atoms with E-state index in [4.69, 9.17) is 47.5 Å². The Balaban J connectivity index is 0.000000106. The molecule has 0 unspecified atom stereocenters. The van der Waals surface area contributed by atoms with Gasteiger partial charge in [0.1, 0.15) is 57.8 Å². The van der Waals surface area contributed by atoms with E-state index in [-0.39, 0.29) is 0 Å². The number of aryl methyl sites for hydroxylation is 11. The van der Waals surface area contributed by atoms with E-state index < -0.39 is 0 Å². The normalized spacial score (nSPS) is 14.0. The molecule has 572 valence electrons. The number of aromatic amines is 4. The highest BCUT2D eigenvalue weighted by Crippen LogP contribution is 2.48. The van der Waals surface area contributed by atoms with E-state index in [2.05, 4.69) is 207 Å². The first-order valence-electron chi connectivity index (χ1n) is 39.7. The lowest BCUT2D eigenvalue weighted by Gasteiger charge is -2.12. The Morgan fingerprint density at radius 1 is 0.316 bits per heavy atom. The van der Waals surface area contributed by atoms with Gasteiger partial charge in [0.15, 0.2) is 0 Å². The Labute approximate surface area is 661 Å². The van der Waals surface area contributed by atoms with Crippen LogP contribution in [-0.2, 0) is 6.42 Å². The topological polar surface area (TPSA) is 237 Å². The van der Waals surface area contributed by atoms with Crippen LogP contribution in [0.1, 0.15) is 172 Å². The predicted octanol–water partition coefficient (Wildman–Crippen LogP) is 24.0. The lowest BCUT2D eigenvalue weighted by atomic mass is 9.91. The summed E-state index contributed by atoms with van der Waals surface area (Å²) in [5.41, 5.74) is 36.2. The number of benzene rings is 9. The van der Waals surface area contributed by atoms with Gasteiger partial charge >= 0.3 is 0 Å². The van der Waals surface area contributed by atoms with Gasteiger partial charge in [0.25, 0.3) is 0 Å². The maximum atomic E-state index is 5.49. The summed E-state index contributed by atoms with van der Waals surface area (Å²) in [7, 11) is 3.32. The number of aromatic nitrogens is 12. The molecule has 8 heterocycles. The van der Waals surface area contributed by atoms with Gasteiger partial charge in [0.2, 0.25) is 0 Å². The van der Waals surface area contributed by atoms with Crippen molar-refractivity contribution < 1.29 is 27.6 Å². The Kier molecular flexibility index (Phi) is 19.0. The molecular weight excluding hydrogens is 1420 g/mol. The monoisotopic (exact) mass is 1510 g/mol. The van der Waals surface area contributed by atoms with Crippen molar-refractivity contribution in [1.82, 2.24) is 60.5 Å². The van der Waals surface area contributed by atoms with Crippen LogP contribution in [-0.4, -0.2) is 74.7 Å². The molecule has 0 spiro atoms. The minimum atomic E-state index is 0.539. The summed E-state index contributed by atoms with van der Waals surface area (Å²) in [6.07, 6.45) is 10.6. The first kappa shape index (κ1) is 72.8. The molecule has 0 saturated heterocycles. The summed E-state index contributed by atoms with van der Waals surface area (Å²) in [6, 6.07) is 57.9. The predicted molar refractivity (Wildman–Crippen MR) is 450 cm³/mol. The number of hydrogen-bond donors (Lipinski definition) is 4. The molecule has 8 aromatic heterocycles. The molecule has 114 heavy (non-hydrogen) atoms. The molecule has 4 N–H and O–H groups in total. The first-order chi connectivity index (χ1) is 55.4. The molecule has 17 aromatic rings. The van der Waals surface area contributed by atoms with Crippen molar-refractivity contribution in [2.45, 2.75) is 158 Å². The minimum absolute atomic E-state index is 0.539. The molecule has 0 aliphatic heterocycles. The lowest BCUT2D eigenvalue weighted by Crippen LogP contribution is -1.94. The van der Waals surface area contributed by atoms with Gasteiger partial charge in [0.05, 0.1) is 81.1 Å². The maximum absolute atomic E-state index is 5.49. The number of rotatable bonds is 16. The molecule has 0 atom stereocenters. The van der Waals surface area contributed by atoms with E-state index in [1.165, 1.54) is 101 Å². The Hall–Kier alpha value is -12.7. The maximum Gasteiger partial charge on any atom is 0.141 e. The van der Waals surface area contributed by atoms with Crippen LogP contribution in [0.25, 0.3) is 133 Å². The second-order valence-electron chi connectivity index (χ2n) is 31.6. The highest BCUT2D eigenvalue weighted by Gasteiger charge is 2.33. The zero-order chi connectivity index (χ0) is 78.3. The molecule has 18 nitrogen and oxygen atoms in total. The van der Waals surface area contributed by atoms with Crippen molar-refractivity contribution in [2.75, 3.05) is 14.2 Å². The molecule has 0 amide bonds. The third-order valence-electron chi connectivity index (χ3n) is 22.9. The minimum Gasteiger partial charge on any atom is -0.497 e. The smallest absolute Gasteiger partial charge is 0.141 e. The second kappa shape index (κ2) is 29.8. The molecule has 4 aliphatic rings. The number of H-pyrrole nitrogens is 4. The van der Waals surface area contributed by atoms with Crippen LogP contribution in [0.5, 0.6) is 11.5 Å². The molecular formula is C96H92N12O6. The lowest BCUT2D eigenvalue weighted by molar-refractivity contribution is 0.393. The van der Waals surface area contributed by atoms with Crippen LogP contribution in [0.2, 0.25) is 0 Å². The molecule has 4 fully saturated rings. The molecule has 9 aromatic carbocycles. The van der Waals surface area contributed by atoms with Gasteiger partial charge in [-0.3, -0.25) is 0 Å². The zero-order valence-electron chi connectivity index (χ0n) is 66.8. The number of imidazole rings is 4. The van der Waals surface area contributed by atoms with Crippen LogP contribution < -0.4 is 9.47 Å². The van der Waals surface area contributed by atoms with Gasteiger partial charge < -0.3 is 47.5 Å². The van der Waals surface area contributed by atoms with Gasteiger partial charge in [-0.25, -0.2) is 19.9 Å². The fraction of sp³-hybridized carbons (Fsp3) is 0.271. The van der Waals surface area contributed by atoms with Crippen LogP contribution in [0.15, 0.2) is 182 Å². The second-order valence-corrected chi connectivity index (χ2v) is 31.6. The number of fused-ring (bicyclic) bond motifs is 4. The number of methoxy groups -OCH3 is 2. The fourth-order valence-corrected chi connectivity index (χ4v) is 16.4. The first-order valence-corrected chi connectivity index (χ1v) is 39.7. The van der Waals surface area contributed by atoms with Gasteiger partial charge in [-0.2, -0.15) is 0 Å². The third-order valence-corrected chi connectivity index (χ3v) is 22.9. The van der Waals surface area contributed by atoms with E-state index in [1.54, 1.807) is 14.2 Å². The largest absolute Gasteiger partial charge is 0.497 e. The van der Waals surface area contributed by atoms with Crippen molar-refractivity contribution in [3.05, 3.63) is 261 Å². The van der Waals surface area contributed by atoms with Gasteiger partial charge in [-0.05, 0) is 261 Å². The quantitative estimate of drug-likeness (QED) is 0.0704. The van der Waals surface area contributed by atoms with Gasteiger partial charge in [0, 0.05) is 74.2 Å². The molecule has 4 aliphatic carbocycles. The summed E-state index contributed by atoms with van der Waals surface area (Å²) in [6.45, 7) is 22.3. The molecule has 0 bridgehead atoms. The molecule has 0 radical (unpaired) electrons. The molecule has 18 heteroatoms. The Morgan fingerprint density at radius 3 is 1.04 bits per heavy atom. The Morgan fingerprint density at radius 2 is 0.667 bits per heavy atom. The standard InChI is InChI=1S/C28H25N3O.C23H23N3O3.C23H23N3O.C22H21N3O/c1-17-26(18(2)32-31-17)22-15-24(27-25(16-22)29-28(30-27)20-12-13-20)23-11-7-6-10-21(23)14-19-8-4-3-5-9-19;1-12-21(13(2)29-26-12)16-9-19(15-7-17(27-3)11-18(8-15)28-4)22-20(10-16)24-23(25-22)14-5-6-14;1-12-6-5-7-13(2)20(12)18-10-17(21-14(3)26-27-15(21)4)11-19-22(18)25-23(24-19)16-8-9-16;1-12-4-6-15(7-5-12)18-10-17(20-13(2)25-26-14(20)3)11-19-21(18)24-22(23-19)16-8-9-16/h3-11,15-16,20H,12-14H2,1-2H3,(H,29,30);7-11,14H,5-6H2,1-4H3,(H,24,25);5-7,10-11,16H,8-9H2,1-4H3,(H,24,25);4-7,10-11,16H,8-9H2,1-3H3,(H,23,24). The van der Waals surface area contributed by atoms with E-state index >= 15 is 0 Å². The van der Waals surface area contributed by atoms with Crippen molar-refractivity contribution in [3.8, 4) is 101 Å². The number of nitrogens with zero attached hydrogens (tertiary/aromatic N) is 8. The number of nitrogens with one attached hydrogen (secondary N) is 4. The van der Waals surface area contributed by atoms with E-state index in [9.17, 15) is 0 Å². The summed E-state index contributed by atoms with van der Waals surface area (Å²) < 4.78 is 32.7. The highest BCUT2D eigenvalue weighted by atomic mass is 16.5. The summed E-state index contributed by atoms with van der Waals surface area (Å²) in [5, 5.41) is 16.6. The molecule has 21 rings (SSSR count). The van der Waals surface area contributed by atoms with Crippen molar-refractivity contribution in [1.29, 1.82) is 0 Å². The Bertz CT molecular complexity index is 6380. The number of hydrogen-bond acceptors (Lipinski definition) is 14. The van der Waals surface area contributed by atoms with E-state index in [0.29, 0.717) is 23.7 Å². The summed E-state index contributed by atoms with van der Waals surface area (Å²) in [4.78, 5) is 34.3. The van der Waals surface area contributed by atoms with Crippen LogP contribution in [0.3, 0.4) is 0 Å². The van der Waals surface area contributed by atoms with E-state index in [1.807, 2.05) is 73.6 Å². The third kappa shape index (κ3) is 14.4. The zero-order valence-corrected chi connectivity index (χ0v) is 66.8. The van der Waals surface area contributed by atoms with Crippen molar-refractivity contribution in [2.24, 2.45) is 0 Å². The average molecular weight is 1510 g/mol. The average Bonchev–Trinajstić information content (AvgIpc) is 1.57. The molecule has 4 saturated carbocycles. The van der Waals surface area contributed by atoms with Crippen molar-refractivity contribution >= 4 is 44.1 Å². The number of ether oxygens (including phenoxy) is 2. The van der Waals surface area contributed by atoms with Gasteiger partial charge in [-0.15, -0.1) is 0 Å². The van der Waals surface area contributed by atoms with E-state index in [0.717, 1.165) is 198 Å². The van der Waals surface area contributed by atoms with Crippen LogP contribution in [0.4, 0.5) is 0 Å². The highest BCUT2D eigenvalue weighted by molar-refractivity contribution is 6.01. The van der Waals surface area contributed by atoms with Gasteiger partial charge in [-0.1, -0.05) is 123 Å². The SMILES string of the molecule is COc1cc(OC)cc(-c2cc(-c3c(C)noc3C)cc3[nH]c(C4CC4)nc23)c1.Cc1ccc(-c2cc(-c3c(C)noc3C)cc3[nH]c(C4CC4)nc23)cc1.Cc1cccc(C)c1-c1cc(-c2c(C)noc2C)cc2[nH]c(C3CC3)nc12.Cc1noc(C)c1-c1cc(-c2ccccc2Cc2ccccc2)c2nc(C3CC3)[nH]c2c1.